The van der Waals surface area contributed by atoms with Gasteiger partial charge >= 0.3 is 0 Å². The lowest BCUT2D eigenvalue weighted by Crippen LogP contribution is -2.14. The third-order valence-electron chi connectivity index (χ3n) is 0.919. The maximum Gasteiger partial charge on any atom is 0.0115 e. The Hall–Kier alpha value is 0.310. The molecule has 0 saturated carbocycles. The molecule has 1 N–H and O–H groups in total. The molecule has 0 aliphatic rings. The number of hydrogen-bond donors (Lipinski definition) is 1. The zero-order chi connectivity index (χ0) is 7.11. The van der Waals surface area contributed by atoms with Gasteiger partial charge in [0.1, 0.15) is 0 Å². The summed E-state index contributed by atoms with van der Waals surface area (Å²) in [5.74, 6) is 1.24. The maximum absolute atomic E-state index is 3.30. The Morgan fingerprint density at radius 1 is 1.44 bits per heavy atom. The highest BCUT2D eigenvalue weighted by Gasteiger charge is 1.89. The molecule has 9 heavy (non-hydrogen) atoms. The van der Waals surface area contributed by atoms with Gasteiger partial charge in [0, 0.05) is 11.8 Å². The molecule has 1 nitrogen and oxygen atoms in total. The molecule has 0 heterocycles. The van der Waals surface area contributed by atoms with E-state index < -0.39 is 0 Å². The average molecular weight is 147 g/mol. The van der Waals surface area contributed by atoms with Crippen LogP contribution in [0.3, 0.4) is 0 Å². The third kappa shape index (κ3) is 8.31. The normalized spacial score (nSPS) is 10.7. The van der Waals surface area contributed by atoms with Gasteiger partial charge < -0.3 is 0 Å². The molecule has 0 aromatic heterocycles. The van der Waals surface area contributed by atoms with Crippen molar-refractivity contribution in [3.8, 4) is 0 Å². The summed E-state index contributed by atoms with van der Waals surface area (Å²) in [6.07, 6.45) is 2.62. The van der Waals surface area contributed by atoms with Crippen molar-refractivity contribution in [1.29, 1.82) is 0 Å². The first kappa shape index (κ1) is 9.31. The Bertz CT molecular complexity index is 54.9. The fraction of sp³-hybridized carbons (Fsp3) is 1.00. The van der Waals surface area contributed by atoms with Gasteiger partial charge in [0.2, 0.25) is 0 Å². The van der Waals surface area contributed by atoms with Crippen LogP contribution in [-0.2, 0) is 0 Å². The second kappa shape index (κ2) is 6.43. The molecule has 0 aliphatic carbocycles. The van der Waals surface area contributed by atoms with Gasteiger partial charge in [-0.25, -0.2) is 0 Å². The molecule has 0 aliphatic heterocycles. The van der Waals surface area contributed by atoms with Gasteiger partial charge in [-0.05, 0) is 20.3 Å². The van der Waals surface area contributed by atoms with Crippen LogP contribution < -0.4 is 4.72 Å². The van der Waals surface area contributed by atoms with Crippen LogP contribution in [0, 0.1) is 0 Å². The SMILES string of the molecule is CCCCSNC(C)C. The Kier molecular flexibility index (Phi) is 6.65. The minimum absolute atomic E-state index is 0.617. The van der Waals surface area contributed by atoms with E-state index in [0.29, 0.717) is 6.04 Å². The quantitative estimate of drug-likeness (QED) is 0.473. The van der Waals surface area contributed by atoms with Crippen molar-refractivity contribution in [2.24, 2.45) is 0 Å². The van der Waals surface area contributed by atoms with Crippen LogP contribution >= 0.6 is 11.9 Å². The van der Waals surface area contributed by atoms with Crippen molar-refractivity contribution in [1.82, 2.24) is 4.72 Å². The minimum Gasteiger partial charge on any atom is -0.262 e. The molecule has 0 rings (SSSR count). The van der Waals surface area contributed by atoms with Gasteiger partial charge in [0.05, 0.1) is 0 Å². The van der Waals surface area contributed by atoms with Crippen LogP contribution in [-0.4, -0.2) is 11.8 Å². The van der Waals surface area contributed by atoms with Crippen LogP contribution in [0.1, 0.15) is 33.6 Å². The lowest BCUT2D eigenvalue weighted by atomic mass is 10.4. The summed E-state index contributed by atoms with van der Waals surface area (Å²) < 4.78 is 3.30. The largest absolute Gasteiger partial charge is 0.262 e. The first-order chi connectivity index (χ1) is 4.27. The fourth-order valence-corrected chi connectivity index (χ4v) is 1.33. The molecule has 0 fully saturated rings. The average Bonchev–Trinajstić information content (AvgIpc) is 1.80. The van der Waals surface area contributed by atoms with E-state index in [1.165, 1.54) is 18.6 Å². The highest BCUT2D eigenvalue weighted by atomic mass is 32.2. The van der Waals surface area contributed by atoms with Crippen LogP contribution in [0.2, 0.25) is 0 Å². The second-order valence-corrected chi connectivity index (χ2v) is 3.41. The van der Waals surface area contributed by atoms with Gasteiger partial charge in [0.25, 0.3) is 0 Å². The molecular formula is C7H17NS. The zero-order valence-corrected chi connectivity index (χ0v) is 7.42. The maximum atomic E-state index is 3.30. The Morgan fingerprint density at radius 2 is 2.11 bits per heavy atom. The van der Waals surface area contributed by atoms with Gasteiger partial charge in [-0.3, -0.25) is 4.72 Å². The number of rotatable bonds is 5. The van der Waals surface area contributed by atoms with Crippen LogP contribution in [0.15, 0.2) is 0 Å². The molecule has 0 amide bonds. The summed E-state index contributed by atoms with van der Waals surface area (Å²) in [6.45, 7) is 6.55. The molecule has 0 unspecified atom stereocenters. The van der Waals surface area contributed by atoms with E-state index in [0.717, 1.165) is 0 Å². The molecule has 0 atom stereocenters. The van der Waals surface area contributed by atoms with Crippen molar-refractivity contribution in [3.63, 3.8) is 0 Å². The highest BCUT2D eigenvalue weighted by Crippen LogP contribution is 2.00. The van der Waals surface area contributed by atoms with Gasteiger partial charge in [-0.15, -0.1) is 0 Å². The standard InChI is InChI=1S/C7H17NS/c1-4-5-6-9-8-7(2)3/h7-8H,4-6H2,1-3H3. The minimum atomic E-state index is 0.617. The molecule has 0 aromatic rings. The van der Waals surface area contributed by atoms with E-state index in [1.807, 2.05) is 11.9 Å². The monoisotopic (exact) mass is 147 g/mol. The summed E-state index contributed by atoms with van der Waals surface area (Å²) in [5, 5.41) is 0. The molecule has 0 aromatic carbocycles. The van der Waals surface area contributed by atoms with Crippen molar-refractivity contribution in [2.45, 2.75) is 39.7 Å². The number of hydrogen-bond acceptors (Lipinski definition) is 2. The lowest BCUT2D eigenvalue weighted by Gasteiger charge is -2.04. The van der Waals surface area contributed by atoms with E-state index >= 15 is 0 Å². The van der Waals surface area contributed by atoms with E-state index in [1.54, 1.807) is 0 Å². The van der Waals surface area contributed by atoms with E-state index in [4.69, 9.17) is 0 Å². The first-order valence-electron chi connectivity index (χ1n) is 3.64. The molecule has 0 bridgehead atoms. The highest BCUT2D eigenvalue weighted by molar-refractivity contribution is 7.97. The summed E-state index contributed by atoms with van der Waals surface area (Å²) in [7, 11) is 0. The Balaban J connectivity index is 2.75. The van der Waals surface area contributed by atoms with E-state index in [9.17, 15) is 0 Å². The number of nitrogens with one attached hydrogen (secondary N) is 1. The molecular weight excluding hydrogens is 130 g/mol. The molecule has 0 spiro atoms. The van der Waals surface area contributed by atoms with Gasteiger partial charge in [-0.2, -0.15) is 0 Å². The van der Waals surface area contributed by atoms with Crippen LogP contribution in [0.25, 0.3) is 0 Å². The predicted molar refractivity (Wildman–Crippen MR) is 45.6 cm³/mol. The van der Waals surface area contributed by atoms with Crippen molar-refractivity contribution in [3.05, 3.63) is 0 Å². The lowest BCUT2D eigenvalue weighted by molar-refractivity contribution is 0.767. The summed E-state index contributed by atoms with van der Waals surface area (Å²) in [4.78, 5) is 0. The van der Waals surface area contributed by atoms with Gasteiger partial charge in [0.15, 0.2) is 0 Å². The smallest absolute Gasteiger partial charge is 0.0115 e. The summed E-state index contributed by atoms with van der Waals surface area (Å²) >= 11 is 1.84. The van der Waals surface area contributed by atoms with Crippen molar-refractivity contribution in [2.75, 3.05) is 5.75 Å². The third-order valence-corrected chi connectivity index (χ3v) is 2.05. The van der Waals surface area contributed by atoms with Crippen molar-refractivity contribution >= 4 is 11.9 Å². The second-order valence-electron chi connectivity index (χ2n) is 2.47. The van der Waals surface area contributed by atoms with Crippen LogP contribution in [0.5, 0.6) is 0 Å². The molecule has 2 heteroatoms. The van der Waals surface area contributed by atoms with Gasteiger partial charge in [-0.1, -0.05) is 25.3 Å². The zero-order valence-electron chi connectivity index (χ0n) is 6.61. The van der Waals surface area contributed by atoms with Crippen molar-refractivity contribution < 1.29 is 0 Å². The number of unbranched alkanes of at least 4 members (excludes halogenated alkanes) is 1. The summed E-state index contributed by atoms with van der Waals surface area (Å²) in [5.41, 5.74) is 0. The Morgan fingerprint density at radius 3 is 2.56 bits per heavy atom. The fourth-order valence-electron chi connectivity index (χ4n) is 0.442. The van der Waals surface area contributed by atoms with E-state index in [2.05, 4.69) is 25.5 Å². The topological polar surface area (TPSA) is 12.0 Å². The summed E-state index contributed by atoms with van der Waals surface area (Å²) in [6, 6.07) is 0.617. The first-order valence-corrected chi connectivity index (χ1v) is 4.63. The molecule has 0 saturated heterocycles. The molecule has 56 valence electrons. The van der Waals surface area contributed by atoms with Crippen LogP contribution in [0.4, 0.5) is 0 Å². The Labute approximate surface area is 62.7 Å². The van der Waals surface area contributed by atoms with E-state index in [-0.39, 0.29) is 0 Å². The molecule has 0 radical (unpaired) electrons. The predicted octanol–water partition coefficient (Wildman–Crippen LogP) is 2.43.